The highest BCUT2D eigenvalue weighted by Crippen LogP contribution is 2.60. The van der Waals surface area contributed by atoms with Gasteiger partial charge in [-0.25, -0.2) is 4.68 Å². The molecule has 8 heteroatoms. The second-order valence-corrected chi connectivity index (χ2v) is 11.6. The maximum Gasteiger partial charge on any atom is 0.416 e. The number of aromatic nitrogens is 2. The molecule has 1 aromatic heterocycles. The molecule has 0 radical (unpaired) electrons. The number of halogens is 3. The summed E-state index contributed by atoms with van der Waals surface area (Å²) in [5.41, 5.74) is 2.81. The molecule has 0 bridgehead atoms. The number of carboxylic acid groups (broad SMARTS) is 1. The first kappa shape index (κ1) is 23.9. The number of carboxylic acids is 1. The normalized spacial score (nSPS) is 14.7. The van der Waals surface area contributed by atoms with E-state index in [1.807, 2.05) is 26.1 Å². The van der Waals surface area contributed by atoms with Crippen LogP contribution in [0.2, 0.25) is 0 Å². The smallest absolute Gasteiger partial charge is 0.416 e. The molecule has 32 heavy (non-hydrogen) atoms. The van der Waals surface area contributed by atoms with Gasteiger partial charge in [-0.15, -0.1) is 0 Å². The first-order chi connectivity index (χ1) is 15.0. The maximum atomic E-state index is 12.9. The van der Waals surface area contributed by atoms with E-state index in [-0.39, 0.29) is 6.42 Å². The number of hydrogen-bond donors (Lipinski definition) is 1. The van der Waals surface area contributed by atoms with E-state index in [4.69, 9.17) is 5.11 Å². The third-order valence-electron chi connectivity index (χ3n) is 5.82. The van der Waals surface area contributed by atoms with Crippen molar-refractivity contribution in [3.05, 3.63) is 71.0 Å². The van der Waals surface area contributed by atoms with E-state index in [0.29, 0.717) is 12.1 Å². The largest absolute Gasteiger partial charge is 0.481 e. The van der Waals surface area contributed by atoms with Crippen LogP contribution in [0.3, 0.4) is 0 Å². The van der Waals surface area contributed by atoms with Gasteiger partial charge in [-0.1, -0.05) is 13.0 Å². The SMILES string of the molecule is CCS(C)(c1ccc(CCC(=O)O)c(C)c1)c1cn(-c2ccc(C(F)(F)F)cc2)nc1C. The number of benzene rings is 2. The molecule has 1 N–H and O–H groups in total. The lowest BCUT2D eigenvalue weighted by atomic mass is 10.0. The van der Waals surface area contributed by atoms with Gasteiger partial charge < -0.3 is 5.11 Å². The van der Waals surface area contributed by atoms with Crippen LogP contribution in [-0.4, -0.2) is 32.9 Å². The molecule has 3 rings (SSSR count). The zero-order valence-corrected chi connectivity index (χ0v) is 19.3. The minimum absolute atomic E-state index is 0.0943. The number of carbonyl (C=O) groups is 1. The fourth-order valence-electron chi connectivity index (χ4n) is 3.74. The van der Waals surface area contributed by atoms with Gasteiger partial charge in [-0.2, -0.15) is 28.3 Å². The summed E-state index contributed by atoms with van der Waals surface area (Å²) in [6.07, 6.45) is 0.342. The number of hydrogen-bond acceptors (Lipinski definition) is 2. The highest BCUT2D eigenvalue weighted by atomic mass is 32.3. The lowest BCUT2D eigenvalue weighted by Gasteiger charge is -2.35. The van der Waals surface area contributed by atoms with Gasteiger partial charge in [0.05, 0.1) is 16.9 Å². The van der Waals surface area contributed by atoms with Gasteiger partial charge in [-0.05, 0) is 84.7 Å². The Labute approximate surface area is 187 Å². The van der Waals surface area contributed by atoms with Gasteiger partial charge in [0, 0.05) is 17.5 Å². The molecule has 0 saturated heterocycles. The van der Waals surface area contributed by atoms with Crippen molar-refractivity contribution in [3.8, 4) is 5.69 Å². The molecule has 1 heterocycles. The molecule has 0 amide bonds. The maximum absolute atomic E-state index is 12.9. The first-order valence-corrected chi connectivity index (χ1v) is 12.5. The quantitative estimate of drug-likeness (QED) is 0.440. The van der Waals surface area contributed by atoms with Crippen LogP contribution in [-0.2, 0) is 17.4 Å². The number of nitrogens with zero attached hydrogens (tertiary/aromatic N) is 2. The summed E-state index contributed by atoms with van der Waals surface area (Å²) >= 11 is 0. The number of rotatable bonds is 7. The average molecular weight is 465 g/mol. The zero-order chi connectivity index (χ0) is 23.7. The van der Waals surface area contributed by atoms with E-state index in [1.54, 1.807) is 4.68 Å². The molecule has 0 aliphatic carbocycles. The van der Waals surface area contributed by atoms with Crippen molar-refractivity contribution in [2.75, 3.05) is 12.0 Å². The fourth-order valence-corrected chi connectivity index (χ4v) is 6.47. The summed E-state index contributed by atoms with van der Waals surface area (Å²) in [5, 5.41) is 13.5. The van der Waals surface area contributed by atoms with Crippen LogP contribution < -0.4 is 0 Å². The Morgan fingerprint density at radius 1 is 1.12 bits per heavy atom. The fraction of sp³-hybridized carbons (Fsp3) is 0.333. The molecule has 3 aromatic rings. The third-order valence-corrected chi connectivity index (χ3v) is 9.64. The van der Waals surface area contributed by atoms with E-state index >= 15 is 0 Å². The predicted molar refractivity (Wildman–Crippen MR) is 121 cm³/mol. The average Bonchev–Trinajstić information content (AvgIpc) is 3.13. The van der Waals surface area contributed by atoms with Gasteiger partial charge in [0.15, 0.2) is 0 Å². The summed E-state index contributed by atoms with van der Waals surface area (Å²) in [7, 11) is -1.43. The van der Waals surface area contributed by atoms with E-state index in [1.165, 1.54) is 17.0 Å². The summed E-state index contributed by atoms with van der Waals surface area (Å²) in [6, 6.07) is 11.2. The Hall–Kier alpha value is -2.74. The molecular weight excluding hydrogens is 437 g/mol. The minimum Gasteiger partial charge on any atom is -0.481 e. The Kier molecular flexibility index (Phi) is 6.74. The second-order valence-electron chi connectivity index (χ2n) is 7.93. The Morgan fingerprint density at radius 2 is 1.78 bits per heavy atom. The number of alkyl halides is 3. The van der Waals surface area contributed by atoms with Gasteiger partial charge in [-0.3, -0.25) is 4.79 Å². The molecule has 0 aliphatic heterocycles. The molecule has 0 spiro atoms. The van der Waals surface area contributed by atoms with Crippen molar-refractivity contribution >= 4 is 16.0 Å². The van der Waals surface area contributed by atoms with Gasteiger partial charge >= 0.3 is 12.1 Å². The van der Waals surface area contributed by atoms with E-state index in [2.05, 4.69) is 30.4 Å². The molecule has 1 atom stereocenters. The zero-order valence-electron chi connectivity index (χ0n) is 18.5. The monoisotopic (exact) mass is 464 g/mol. The van der Waals surface area contributed by atoms with Crippen LogP contribution in [0.4, 0.5) is 13.2 Å². The summed E-state index contributed by atoms with van der Waals surface area (Å²) in [6.45, 7) is 6.04. The predicted octanol–water partition coefficient (Wildman–Crippen LogP) is 6.40. The van der Waals surface area contributed by atoms with Crippen LogP contribution in [0.1, 0.15) is 35.7 Å². The van der Waals surface area contributed by atoms with E-state index in [0.717, 1.165) is 39.6 Å². The van der Waals surface area contributed by atoms with Crippen molar-refractivity contribution in [3.63, 3.8) is 0 Å². The van der Waals surface area contributed by atoms with Crippen LogP contribution >= 0.6 is 10.0 Å². The first-order valence-electron chi connectivity index (χ1n) is 10.3. The van der Waals surface area contributed by atoms with Crippen molar-refractivity contribution < 1.29 is 23.1 Å². The number of aliphatic carboxylic acids is 1. The molecule has 4 nitrogen and oxygen atoms in total. The van der Waals surface area contributed by atoms with Gasteiger partial charge in [0.1, 0.15) is 0 Å². The Morgan fingerprint density at radius 3 is 2.31 bits per heavy atom. The lowest BCUT2D eigenvalue weighted by molar-refractivity contribution is -0.138. The van der Waals surface area contributed by atoms with Crippen LogP contribution in [0.15, 0.2) is 58.5 Å². The summed E-state index contributed by atoms with van der Waals surface area (Å²) in [4.78, 5) is 13.2. The topological polar surface area (TPSA) is 55.1 Å². The highest BCUT2D eigenvalue weighted by molar-refractivity contribution is 8.33. The van der Waals surface area contributed by atoms with Crippen molar-refractivity contribution in [2.45, 2.75) is 49.6 Å². The number of aryl methyl sites for hydroxylation is 3. The second kappa shape index (κ2) is 9.02. The Balaban J connectivity index is 1.96. The molecular formula is C24H27F3N2O2S. The van der Waals surface area contributed by atoms with Crippen LogP contribution in [0.25, 0.3) is 5.69 Å². The molecule has 0 fully saturated rings. The molecule has 1 unspecified atom stereocenters. The highest BCUT2D eigenvalue weighted by Gasteiger charge is 2.30. The minimum atomic E-state index is -4.37. The lowest BCUT2D eigenvalue weighted by Crippen LogP contribution is -2.06. The molecule has 172 valence electrons. The summed E-state index contributed by atoms with van der Waals surface area (Å²) < 4.78 is 40.3. The van der Waals surface area contributed by atoms with Crippen LogP contribution in [0, 0.1) is 13.8 Å². The van der Waals surface area contributed by atoms with Crippen molar-refractivity contribution in [2.24, 2.45) is 0 Å². The molecule has 2 aromatic carbocycles. The van der Waals surface area contributed by atoms with Gasteiger partial charge in [0.25, 0.3) is 0 Å². The van der Waals surface area contributed by atoms with Crippen molar-refractivity contribution in [1.82, 2.24) is 9.78 Å². The molecule has 0 aliphatic rings. The molecule has 0 saturated carbocycles. The van der Waals surface area contributed by atoms with Crippen molar-refractivity contribution in [1.29, 1.82) is 0 Å². The van der Waals surface area contributed by atoms with Crippen LogP contribution in [0.5, 0.6) is 0 Å². The van der Waals surface area contributed by atoms with Gasteiger partial charge in [0.2, 0.25) is 0 Å². The Bertz CT molecular complexity index is 1120. The third kappa shape index (κ3) is 4.85. The standard InChI is InChI=1S/C24H27F3N2O2S/c1-5-32(4,21-12-6-18(16(2)14-21)7-13-23(30)31)22-15-29(28-17(22)3)20-10-8-19(9-11-20)24(25,26)27/h6,8-12,14-15H,5,7,13H2,1-4H3,(H,30,31). The van der Waals surface area contributed by atoms with E-state index in [9.17, 15) is 18.0 Å². The summed E-state index contributed by atoms with van der Waals surface area (Å²) in [5.74, 6) is 0.0595. The van der Waals surface area contributed by atoms with E-state index < -0.39 is 27.7 Å².